The molecule has 1 aromatic carbocycles. The van der Waals surface area contributed by atoms with Crippen LogP contribution in [0.2, 0.25) is 0 Å². The van der Waals surface area contributed by atoms with Crippen molar-refractivity contribution in [2.75, 3.05) is 39.8 Å². The standard InChI is InChI=1S/C22H29N5O2/c1-17-3-5-19(6-4-17)20(27-13-11-26(2)12-14-27)16-25-22(29)21(28)24-15-18-7-9-23-10-8-18/h3-10,20H,11-16H2,1-2H3,(H,24,28)(H,25,29). The van der Waals surface area contributed by atoms with Gasteiger partial charge in [0.2, 0.25) is 0 Å². The van der Waals surface area contributed by atoms with Crippen molar-refractivity contribution in [2.24, 2.45) is 0 Å². The normalized spacial score (nSPS) is 16.2. The quantitative estimate of drug-likeness (QED) is 0.717. The number of carbonyl (C=O) groups excluding carboxylic acids is 2. The fraction of sp³-hybridized carbons (Fsp3) is 0.409. The molecule has 0 spiro atoms. The summed E-state index contributed by atoms with van der Waals surface area (Å²) in [7, 11) is 2.12. The van der Waals surface area contributed by atoms with Crippen LogP contribution < -0.4 is 10.6 Å². The van der Waals surface area contributed by atoms with E-state index in [1.165, 1.54) is 5.56 Å². The molecule has 1 aromatic heterocycles. The van der Waals surface area contributed by atoms with Crippen molar-refractivity contribution < 1.29 is 9.59 Å². The molecule has 0 bridgehead atoms. The first kappa shape index (κ1) is 21.0. The first-order valence-electron chi connectivity index (χ1n) is 9.97. The van der Waals surface area contributed by atoms with Gasteiger partial charge in [-0.2, -0.15) is 0 Å². The Morgan fingerprint density at radius 3 is 2.24 bits per heavy atom. The van der Waals surface area contributed by atoms with Gasteiger partial charge in [-0.1, -0.05) is 29.8 Å². The van der Waals surface area contributed by atoms with Gasteiger partial charge in [0.1, 0.15) is 0 Å². The zero-order chi connectivity index (χ0) is 20.6. The van der Waals surface area contributed by atoms with Crippen LogP contribution in [0.4, 0.5) is 0 Å². The fourth-order valence-corrected chi connectivity index (χ4v) is 3.41. The number of nitrogens with zero attached hydrogens (tertiary/aromatic N) is 3. The average Bonchev–Trinajstić information content (AvgIpc) is 2.75. The molecule has 154 valence electrons. The van der Waals surface area contributed by atoms with Gasteiger partial charge < -0.3 is 15.5 Å². The van der Waals surface area contributed by atoms with Crippen LogP contribution in [0.25, 0.3) is 0 Å². The highest BCUT2D eigenvalue weighted by Crippen LogP contribution is 2.22. The smallest absolute Gasteiger partial charge is 0.309 e. The summed E-state index contributed by atoms with van der Waals surface area (Å²) in [6.07, 6.45) is 3.31. The molecular formula is C22H29N5O2. The van der Waals surface area contributed by atoms with Crippen molar-refractivity contribution in [1.29, 1.82) is 0 Å². The molecule has 1 saturated heterocycles. The lowest BCUT2D eigenvalue weighted by Gasteiger charge is -2.38. The van der Waals surface area contributed by atoms with E-state index in [1.54, 1.807) is 24.5 Å². The molecule has 0 saturated carbocycles. The predicted molar refractivity (Wildman–Crippen MR) is 112 cm³/mol. The van der Waals surface area contributed by atoms with Crippen LogP contribution in [0.1, 0.15) is 22.7 Å². The molecule has 2 aromatic rings. The molecule has 7 nitrogen and oxygen atoms in total. The van der Waals surface area contributed by atoms with E-state index in [0.717, 1.165) is 37.3 Å². The summed E-state index contributed by atoms with van der Waals surface area (Å²) in [5.41, 5.74) is 3.25. The minimum atomic E-state index is -0.622. The highest BCUT2D eigenvalue weighted by molar-refractivity contribution is 6.35. The van der Waals surface area contributed by atoms with E-state index in [-0.39, 0.29) is 6.04 Å². The van der Waals surface area contributed by atoms with E-state index in [1.807, 2.05) is 0 Å². The van der Waals surface area contributed by atoms with Gasteiger partial charge in [-0.25, -0.2) is 0 Å². The zero-order valence-corrected chi connectivity index (χ0v) is 17.1. The third-order valence-electron chi connectivity index (χ3n) is 5.31. The molecule has 0 radical (unpaired) electrons. The molecule has 2 amide bonds. The number of pyridine rings is 1. The van der Waals surface area contributed by atoms with Crippen molar-refractivity contribution in [3.05, 3.63) is 65.5 Å². The fourth-order valence-electron chi connectivity index (χ4n) is 3.41. The highest BCUT2D eigenvalue weighted by Gasteiger charge is 2.25. The summed E-state index contributed by atoms with van der Waals surface area (Å²) in [4.78, 5) is 33.1. The highest BCUT2D eigenvalue weighted by atomic mass is 16.2. The summed E-state index contributed by atoms with van der Waals surface area (Å²) in [6, 6.07) is 12.0. The molecule has 2 N–H and O–H groups in total. The maximum absolute atomic E-state index is 12.3. The Labute approximate surface area is 172 Å². The topological polar surface area (TPSA) is 77.6 Å². The number of carbonyl (C=O) groups is 2. The van der Waals surface area contributed by atoms with Gasteiger partial charge in [-0.3, -0.25) is 19.5 Å². The molecule has 1 aliphatic heterocycles. The lowest BCUT2D eigenvalue weighted by atomic mass is 10.0. The van der Waals surface area contributed by atoms with Crippen LogP contribution in [0, 0.1) is 6.92 Å². The maximum atomic E-state index is 12.3. The summed E-state index contributed by atoms with van der Waals surface area (Å²) in [6.45, 7) is 6.59. The predicted octanol–water partition coefficient (Wildman–Crippen LogP) is 1.11. The van der Waals surface area contributed by atoms with Gasteiger partial charge in [-0.15, -0.1) is 0 Å². The molecule has 1 aliphatic rings. The number of benzene rings is 1. The van der Waals surface area contributed by atoms with E-state index in [2.05, 4.69) is 63.7 Å². The van der Waals surface area contributed by atoms with Gasteiger partial charge in [0.05, 0.1) is 6.04 Å². The molecule has 29 heavy (non-hydrogen) atoms. The summed E-state index contributed by atoms with van der Waals surface area (Å²) >= 11 is 0. The zero-order valence-electron chi connectivity index (χ0n) is 17.1. The Morgan fingerprint density at radius 1 is 0.966 bits per heavy atom. The number of aromatic nitrogens is 1. The Hall–Kier alpha value is -2.77. The molecule has 1 atom stereocenters. The van der Waals surface area contributed by atoms with Crippen LogP contribution in [0.3, 0.4) is 0 Å². The molecule has 7 heteroatoms. The number of hydrogen-bond acceptors (Lipinski definition) is 5. The van der Waals surface area contributed by atoms with Gasteiger partial charge >= 0.3 is 11.8 Å². The van der Waals surface area contributed by atoms with Gasteiger partial charge in [-0.05, 0) is 37.2 Å². The van der Waals surface area contributed by atoms with E-state index < -0.39 is 11.8 Å². The first-order chi connectivity index (χ1) is 14.0. The van der Waals surface area contributed by atoms with Crippen LogP contribution in [0.5, 0.6) is 0 Å². The lowest BCUT2D eigenvalue weighted by molar-refractivity contribution is -0.139. The van der Waals surface area contributed by atoms with E-state index in [0.29, 0.717) is 13.1 Å². The van der Waals surface area contributed by atoms with Crippen molar-refractivity contribution in [3.8, 4) is 0 Å². The summed E-state index contributed by atoms with van der Waals surface area (Å²) in [5, 5.41) is 5.48. The maximum Gasteiger partial charge on any atom is 0.309 e. The SMILES string of the molecule is Cc1ccc(C(CNC(=O)C(=O)NCc2ccncc2)N2CCN(C)CC2)cc1. The number of hydrogen-bond donors (Lipinski definition) is 2. The Bertz CT molecular complexity index is 802. The molecule has 1 unspecified atom stereocenters. The number of rotatable bonds is 6. The third kappa shape index (κ3) is 6.10. The summed E-state index contributed by atoms with van der Waals surface area (Å²) in [5.74, 6) is -1.23. The van der Waals surface area contributed by atoms with Crippen LogP contribution in [-0.2, 0) is 16.1 Å². The molecule has 2 heterocycles. The van der Waals surface area contributed by atoms with Gasteiger partial charge in [0, 0.05) is 51.7 Å². The van der Waals surface area contributed by atoms with E-state index in [9.17, 15) is 9.59 Å². The first-order valence-corrected chi connectivity index (χ1v) is 9.97. The molecule has 0 aliphatic carbocycles. The Kier molecular flexibility index (Phi) is 7.32. The number of aryl methyl sites for hydroxylation is 1. The Balaban J connectivity index is 1.59. The van der Waals surface area contributed by atoms with Crippen LogP contribution in [0.15, 0.2) is 48.8 Å². The average molecular weight is 396 g/mol. The van der Waals surface area contributed by atoms with Gasteiger partial charge in [0.25, 0.3) is 0 Å². The Morgan fingerprint density at radius 2 is 1.59 bits per heavy atom. The molecule has 1 fully saturated rings. The van der Waals surface area contributed by atoms with Crippen molar-refractivity contribution >= 4 is 11.8 Å². The largest absolute Gasteiger partial charge is 0.346 e. The van der Waals surface area contributed by atoms with Gasteiger partial charge in [0.15, 0.2) is 0 Å². The second-order valence-electron chi connectivity index (χ2n) is 7.51. The minimum Gasteiger partial charge on any atom is -0.346 e. The number of nitrogens with one attached hydrogen (secondary N) is 2. The van der Waals surface area contributed by atoms with Crippen molar-refractivity contribution in [2.45, 2.75) is 19.5 Å². The molecular weight excluding hydrogens is 366 g/mol. The number of likely N-dealkylation sites (N-methyl/N-ethyl adjacent to an activating group) is 1. The second-order valence-corrected chi connectivity index (χ2v) is 7.51. The van der Waals surface area contributed by atoms with Crippen LogP contribution >= 0.6 is 0 Å². The monoisotopic (exact) mass is 395 g/mol. The second kappa shape index (κ2) is 10.1. The minimum absolute atomic E-state index is 0.0428. The number of piperazine rings is 1. The number of amides is 2. The van der Waals surface area contributed by atoms with Crippen LogP contribution in [-0.4, -0.2) is 66.4 Å². The third-order valence-corrected chi connectivity index (χ3v) is 5.31. The summed E-state index contributed by atoms with van der Waals surface area (Å²) < 4.78 is 0. The lowest BCUT2D eigenvalue weighted by Crippen LogP contribution is -2.49. The van der Waals surface area contributed by atoms with E-state index >= 15 is 0 Å². The van der Waals surface area contributed by atoms with E-state index in [4.69, 9.17) is 0 Å². The molecule has 3 rings (SSSR count). The van der Waals surface area contributed by atoms with Crippen molar-refractivity contribution in [3.63, 3.8) is 0 Å². The van der Waals surface area contributed by atoms with Crippen molar-refractivity contribution in [1.82, 2.24) is 25.4 Å².